The molecule has 2 heterocycles. The van der Waals surface area contributed by atoms with Crippen LogP contribution in [0.15, 0.2) is 30.6 Å². The molecule has 0 N–H and O–H groups in total. The summed E-state index contributed by atoms with van der Waals surface area (Å²) in [5.74, 6) is 0. The highest BCUT2D eigenvalue weighted by molar-refractivity contribution is 6.42. The van der Waals surface area contributed by atoms with Crippen LogP contribution in [0, 0.1) is 10.1 Å². The summed E-state index contributed by atoms with van der Waals surface area (Å²) in [4.78, 5) is 14.7. The fourth-order valence-corrected chi connectivity index (χ4v) is 2.85. The number of benzene rings is 1. The van der Waals surface area contributed by atoms with Crippen molar-refractivity contribution in [1.82, 2.24) is 14.7 Å². The van der Waals surface area contributed by atoms with E-state index < -0.39 is 4.92 Å². The van der Waals surface area contributed by atoms with Crippen molar-refractivity contribution in [2.45, 2.75) is 6.67 Å². The Balaban J connectivity index is 1.57. The number of anilines is 1. The third kappa shape index (κ3) is 3.74. The van der Waals surface area contributed by atoms with E-state index in [2.05, 4.69) is 14.9 Å². The zero-order chi connectivity index (χ0) is 16.4. The van der Waals surface area contributed by atoms with Gasteiger partial charge in [0.2, 0.25) is 0 Å². The minimum absolute atomic E-state index is 0.0134. The first-order chi connectivity index (χ1) is 11.0. The van der Waals surface area contributed by atoms with E-state index in [-0.39, 0.29) is 5.69 Å². The number of halogens is 2. The molecule has 0 bridgehead atoms. The second-order valence-electron chi connectivity index (χ2n) is 5.34. The first-order valence-electron chi connectivity index (χ1n) is 7.12. The zero-order valence-electron chi connectivity index (χ0n) is 12.2. The zero-order valence-corrected chi connectivity index (χ0v) is 13.7. The van der Waals surface area contributed by atoms with Gasteiger partial charge in [-0.1, -0.05) is 23.2 Å². The van der Waals surface area contributed by atoms with Crippen LogP contribution in [0.3, 0.4) is 0 Å². The molecule has 23 heavy (non-hydrogen) atoms. The van der Waals surface area contributed by atoms with Gasteiger partial charge in [0, 0.05) is 31.9 Å². The third-order valence-electron chi connectivity index (χ3n) is 3.82. The molecule has 3 rings (SSSR count). The topological polar surface area (TPSA) is 67.4 Å². The van der Waals surface area contributed by atoms with Crippen LogP contribution in [-0.2, 0) is 6.67 Å². The van der Waals surface area contributed by atoms with E-state index in [1.807, 2.05) is 12.1 Å². The first-order valence-corrected chi connectivity index (χ1v) is 7.88. The average molecular weight is 356 g/mol. The number of piperazine rings is 1. The standard InChI is InChI=1S/C14H15Cl2N5O2/c15-13-2-1-11(7-14(13)16)19-5-3-18(4-6-19)10-20-9-12(8-17-20)21(22)23/h1-2,7-9H,3-6,10H2. The molecule has 0 atom stereocenters. The molecule has 9 heteroatoms. The molecule has 0 unspecified atom stereocenters. The van der Waals surface area contributed by atoms with Crippen LogP contribution in [0.4, 0.5) is 11.4 Å². The molecule has 0 amide bonds. The van der Waals surface area contributed by atoms with Crippen LogP contribution in [0.1, 0.15) is 0 Å². The first kappa shape index (κ1) is 16.0. The second kappa shape index (κ2) is 6.74. The fourth-order valence-electron chi connectivity index (χ4n) is 2.56. The second-order valence-corrected chi connectivity index (χ2v) is 6.15. The normalized spacial score (nSPS) is 15.8. The Kier molecular flexibility index (Phi) is 4.70. The van der Waals surface area contributed by atoms with Gasteiger partial charge in [0.1, 0.15) is 12.4 Å². The van der Waals surface area contributed by atoms with Crippen LogP contribution in [0.5, 0.6) is 0 Å². The van der Waals surface area contributed by atoms with Gasteiger partial charge >= 0.3 is 5.69 Å². The Labute approximate surface area is 143 Å². The quantitative estimate of drug-likeness (QED) is 0.623. The summed E-state index contributed by atoms with van der Waals surface area (Å²) in [5.41, 5.74) is 1.06. The summed E-state index contributed by atoms with van der Waals surface area (Å²) in [7, 11) is 0. The monoisotopic (exact) mass is 355 g/mol. The summed E-state index contributed by atoms with van der Waals surface area (Å²) in [6.07, 6.45) is 2.72. The number of nitro groups is 1. The molecule has 0 radical (unpaired) electrons. The van der Waals surface area contributed by atoms with E-state index in [1.54, 1.807) is 10.7 Å². The Morgan fingerprint density at radius 1 is 1.17 bits per heavy atom. The predicted octanol–water partition coefficient (Wildman–Crippen LogP) is 2.88. The van der Waals surface area contributed by atoms with Crippen LogP contribution in [0.25, 0.3) is 0 Å². The number of nitrogens with zero attached hydrogens (tertiary/aromatic N) is 5. The molecule has 0 saturated carbocycles. The van der Waals surface area contributed by atoms with Gasteiger partial charge in [-0.15, -0.1) is 0 Å². The van der Waals surface area contributed by atoms with E-state index in [9.17, 15) is 10.1 Å². The molecule has 122 valence electrons. The van der Waals surface area contributed by atoms with E-state index >= 15 is 0 Å². The number of rotatable bonds is 4. The molecule has 1 aromatic carbocycles. The molecule has 2 aromatic rings. The number of hydrogen-bond donors (Lipinski definition) is 0. The van der Waals surface area contributed by atoms with E-state index in [0.29, 0.717) is 16.7 Å². The minimum atomic E-state index is -0.439. The predicted molar refractivity (Wildman–Crippen MR) is 89.1 cm³/mol. The summed E-state index contributed by atoms with van der Waals surface area (Å²) < 4.78 is 1.59. The Bertz CT molecular complexity index is 713. The molecule has 1 aromatic heterocycles. The Morgan fingerprint density at radius 2 is 1.91 bits per heavy atom. The largest absolute Gasteiger partial charge is 0.369 e. The van der Waals surface area contributed by atoms with Crippen molar-refractivity contribution < 1.29 is 4.92 Å². The third-order valence-corrected chi connectivity index (χ3v) is 4.55. The summed E-state index contributed by atoms with van der Waals surface area (Å²) in [5, 5.41) is 15.8. The van der Waals surface area contributed by atoms with E-state index in [0.717, 1.165) is 31.9 Å². The lowest BCUT2D eigenvalue weighted by molar-refractivity contribution is -0.385. The van der Waals surface area contributed by atoms with E-state index in [4.69, 9.17) is 23.2 Å². The minimum Gasteiger partial charge on any atom is -0.369 e. The summed E-state index contributed by atoms with van der Waals surface area (Å²) >= 11 is 12.0. The average Bonchev–Trinajstić information content (AvgIpc) is 3.00. The van der Waals surface area contributed by atoms with Crippen molar-refractivity contribution in [3.05, 3.63) is 50.8 Å². The molecule has 1 fully saturated rings. The molecule has 0 spiro atoms. The van der Waals surface area contributed by atoms with Gasteiger partial charge in [-0.25, -0.2) is 0 Å². The Morgan fingerprint density at radius 3 is 2.52 bits per heavy atom. The maximum absolute atomic E-state index is 10.7. The fraction of sp³-hybridized carbons (Fsp3) is 0.357. The van der Waals surface area contributed by atoms with E-state index in [1.165, 1.54) is 12.4 Å². The van der Waals surface area contributed by atoms with Gasteiger partial charge in [0.25, 0.3) is 0 Å². The molecule has 1 saturated heterocycles. The highest BCUT2D eigenvalue weighted by Crippen LogP contribution is 2.27. The number of hydrogen-bond acceptors (Lipinski definition) is 5. The van der Waals surface area contributed by atoms with Crippen LogP contribution < -0.4 is 4.90 Å². The molecular formula is C14H15Cl2N5O2. The maximum atomic E-state index is 10.7. The highest BCUT2D eigenvalue weighted by atomic mass is 35.5. The summed E-state index contributed by atoms with van der Waals surface area (Å²) in [6, 6.07) is 5.63. The van der Waals surface area contributed by atoms with Gasteiger partial charge in [-0.3, -0.25) is 19.7 Å². The smallest absolute Gasteiger partial charge is 0.307 e. The lowest BCUT2D eigenvalue weighted by atomic mass is 10.2. The molecule has 1 aliphatic heterocycles. The lowest BCUT2D eigenvalue weighted by Crippen LogP contribution is -2.46. The van der Waals surface area contributed by atoms with Crippen molar-refractivity contribution in [1.29, 1.82) is 0 Å². The van der Waals surface area contributed by atoms with Crippen molar-refractivity contribution in [3.8, 4) is 0 Å². The van der Waals surface area contributed by atoms with Gasteiger partial charge in [0.05, 0.1) is 21.6 Å². The molecular weight excluding hydrogens is 341 g/mol. The van der Waals surface area contributed by atoms with Crippen molar-refractivity contribution in [2.24, 2.45) is 0 Å². The molecule has 7 nitrogen and oxygen atoms in total. The molecule has 0 aliphatic carbocycles. The highest BCUT2D eigenvalue weighted by Gasteiger charge is 2.19. The van der Waals surface area contributed by atoms with Crippen LogP contribution >= 0.6 is 23.2 Å². The maximum Gasteiger partial charge on any atom is 0.307 e. The van der Waals surface area contributed by atoms with Gasteiger partial charge in [-0.2, -0.15) is 5.10 Å². The van der Waals surface area contributed by atoms with Crippen LogP contribution in [0.2, 0.25) is 10.0 Å². The van der Waals surface area contributed by atoms with Gasteiger partial charge < -0.3 is 4.90 Å². The van der Waals surface area contributed by atoms with Crippen molar-refractivity contribution in [2.75, 3.05) is 31.1 Å². The number of aromatic nitrogens is 2. The van der Waals surface area contributed by atoms with Crippen molar-refractivity contribution in [3.63, 3.8) is 0 Å². The molecule has 1 aliphatic rings. The SMILES string of the molecule is O=[N+]([O-])c1cnn(CN2CCN(c3ccc(Cl)c(Cl)c3)CC2)c1. The Hall–Kier alpha value is -1.83. The van der Waals surface area contributed by atoms with Gasteiger partial charge in [-0.05, 0) is 18.2 Å². The lowest BCUT2D eigenvalue weighted by Gasteiger charge is -2.36. The van der Waals surface area contributed by atoms with Crippen molar-refractivity contribution >= 4 is 34.6 Å². The van der Waals surface area contributed by atoms with Gasteiger partial charge in [0.15, 0.2) is 0 Å². The summed E-state index contributed by atoms with van der Waals surface area (Å²) in [6.45, 7) is 3.92. The van der Waals surface area contributed by atoms with Crippen LogP contribution in [-0.4, -0.2) is 45.8 Å².